The Bertz CT molecular complexity index is 358. The molecule has 0 aliphatic carbocycles. The van der Waals surface area contributed by atoms with Gasteiger partial charge >= 0.3 is 0 Å². The minimum Gasteiger partial charge on any atom is -0.369 e. The van der Waals surface area contributed by atoms with Gasteiger partial charge in [0.05, 0.1) is 0 Å². The smallest absolute Gasteiger partial charge is 0.0407 e. The maximum atomic E-state index is 5.92. The largest absolute Gasteiger partial charge is 0.369 e. The first kappa shape index (κ1) is 13.7. The van der Waals surface area contributed by atoms with Crippen LogP contribution in [0.15, 0.2) is 24.3 Å². The normalized spacial score (nSPS) is 18.9. The van der Waals surface area contributed by atoms with Crippen molar-refractivity contribution in [3.63, 3.8) is 0 Å². The van der Waals surface area contributed by atoms with E-state index in [2.05, 4.69) is 34.2 Å². The molecule has 1 fully saturated rings. The van der Waals surface area contributed by atoms with Crippen LogP contribution in [0.4, 0.5) is 5.69 Å². The zero-order valence-electron chi connectivity index (χ0n) is 11.2. The summed E-state index contributed by atoms with van der Waals surface area (Å²) in [4.78, 5) is 4.97. The predicted molar refractivity (Wildman–Crippen MR) is 78.6 cm³/mol. The van der Waals surface area contributed by atoms with Crippen LogP contribution >= 0.6 is 11.6 Å². The molecule has 1 aliphatic rings. The number of hydrogen-bond donors (Lipinski definition) is 1. The van der Waals surface area contributed by atoms with Crippen LogP contribution in [0.25, 0.3) is 0 Å². The Labute approximate surface area is 115 Å². The number of anilines is 1. The minimum absolute atomic E-state index is 0.613. The van der Waals surface area contributed by atoms with Crippen molar-refractivity contribution < 1.29 is 0 Å². The van der Waals surface area contributed by atoms with Gasteiger partial charge in [0.1, 0.15) is 0 Å². The highest BCUT2D eigenvalue weighted by molar-refractivity contribution is 6.30. The second kappa shape index (κ2) is 6.41. The number of nitrogens with zero attached hydrogens (tertiary/aromatic N) is 2. The van der Waals surface area contributed by atoms with Crippen molar-refractivity contribution in [2.75, 3.05) is 44.7 Å². The van der Waals surface area contributed by atoms with E-state index in [1.165, 1.54) is 5.69 Å². The van der Waals surface area contributed by atoms with E-state index in [9.17, 15) is 0 Å². The van der Waals surface area contributed by atoms with E-state index in [1.54, 1.807) is 0 Å². The summed E-state index contributed by atoms with van der Waals surface area (Å²) >= 11 is 5.92. The van der Waals surface area contributed by atoms with Gasteiger partial charge in [-0.05, 0) is 38.2 Å². The monoisotopic (exact) mass is 267 g/mol. The van der Waals surface area contributed by atoms with Crippen LogP contribution in [0.3, 0.4) is 0 Å². The number of hydrogen-bond acceptors (Lipinski definition) is 3. The molecule has 1 aliphatic heterocycles. The van der Waals surface area contributed by atoms with E-state index in [4.69, 9.17) is 11.6 Å². The lowest BCUT2D eigenvalue weighted by molar-refractivity contribution is 0.195. The Hall–Kier alpha value is -0.770. The predicted octanol–water partition coefficient (Wildman–Crippen LogP) is 2.07. The molecule has 18 heavy (non-hydrogen) atoms. The molecule has 0 aromatic heterocycles. The third kappa shape index (κ3) is 3.37. The lowest BCUT2D eigenvalue weighted by Crippen LogP contribution is -2.51. The highest BCUT2D eigenvalue weighted by Crippen LogP contribution is 2.19. The van der Waals surface area contributed by atoms with Crippen LogP contribution in [0, 0.1) is 0 Å². The molecule has 0 spiro atoms. The summed E-state index contributed by atoms with van der Waals surface area (Å²) in [6.45, 7) is 7.79. The molecular formula is C14H22ClN3. The van der Waals surface area contributed by atoms with E-state index >= 15 is 0 Å². The third-order valence-corrected chi connectivity index (χ3v) is 3.88. The van der Waals surface area contributed by atoms with E-state index < -0.39 is 0 Å². The van der Waals surface area contributed by atoms with Crippen molar-refractivity contribution in [3.05, 3.63) is 29.3 Å². The van der Waals surface area contributed by atoms with Gasteiger partial charge in [-0.15, -0.1) is 0 Å². The van der Waals surface area contributed by atoms with Gasteiger partial charge < -0.3 is 10.2 Å². The van der Waals surface area contributed by atoms with Gasteiger partial charge in [-0.2, -0.15) is 0 Å². The second-order valence-electron chi connectivity index (χ2n) is 4.91. The molecule has 1 aromatic carbocycles. The van der Waals surface area contributed by atoms with Crippen molar-refractivity contribution in [1.82, 2.24) is 10.2 Å². The first-order valence-electron chi connectivity index (χ1n) is 6.60. The van der Waals surface area contributed by atoms with Crippen molar-refractivity contribution in [2.24, 2.45) is 0 Å². The van der Waals surface area contributed by atoms with E-state index in [0.717, 1.165) is 37.7 Å². The van der Waals surface area contributed by atoms with Gasteiger partial charge in [0, 0.05) is 49.5 Å². The Kier molecular flexibility index (Phi) is 4.87. The SMILES string of the molecule is CNCC(C)N1CCN(c2ccc(Cl)cc2)CC1. The molecular weight excluding hydrogens is 246 g/mol. The van der Waals surface area contributed by atoms with Gasteiger partial charge in [-0.25, -0.2) is 0 Å². The van der Waals surface area contributed by atoms with Crippen LogP contribution in [-0.4, -0.2) is 50.7 Å². The van der Waals surface area contributed by atoms with Crippen LogP contribution in [0.5, 0.6) is 0 Å². The quantitative estimate of drug-likeness (QED) is 0.901. The fourth-order valence-corrected chi connectivity index (χ4v) is 2.62. The van der Waals surface area contributed by atoms with Gasteiger partial charge in [-0.3, -0.25) is 4.90 Å². The van der Waals surface area contributed by atoms with Gasteiger partial charge in [-0.1, -0.05) is 11.6 Å². The molecule has 1 saturated heterocycles. The van der Waals surface area contributed by atoms with Crippen molar-refractivity contribution in [2.45, 2.75) is 13.0 Å². The Morgan fingerprint density at radius 2 is 1.78 bits per heavy atom. The minimum atomic E-state index is 0.613. The van der Waals surface area contributed by atoms with E-state index in [-0.39, 0.29) is 0 Å². The molecule has 3 nitrogen and oxygen atoms in total. The van der Waals surface area contributed by atoms with Crippen LogP contribution in [-0.2, 0) is 0 Å². The number of piperazine rings is 1. The number of halogens is 1. The molecule has 2 rings (SSSR count). The Morgan fingerprint density at radius 1 is 1.17 bits per heavy atom. The standard InChI is InChI=1S/C14H22ClN3/c1-12(11-16-2)17-7-9-18(10-8-17)14-5-3-13(15)4-6-14/h3-6,12,16H,7-11H2,1-2H3. The summed E-state index contributed by atoms with van der Waals surface area (Å²) in [5.74, 6) is 0. The van der Waals surface area contributed by atoms with Crippen LogP contribution in [0.1, 0.15) is 6.92 Å². The van der Waals surface area contributed by atoms with Gasteiger partial charge in [0.15, 0.2) is 0 Å². The number of likely N-dealkylation sites (N-methyl/N-ethyl adjacent to an activating group) is 1. The second-order valence-corrected chi connectivity index (χ2v) is 5.34. The Morgan fingerprint density at radius 3 is 2.33 bits per heavy atom. The average Bonchev–Trinajstić information content (AvgIpc) is 2.40. The first-order chi connectivity index (χ1) is 8.70. The Balaban J connectivity index is 1.88. The van der Waals surface area contributed by atoms with E-state index in [1.807, 2.05) is 19.2 Å². The molecule has 1 atom stereocenters. The lowest BCUT2D eigenvalue weighted by atomic mass is 10.2. The summed E-state index contributed by atoms with van der Waals surface area (Å²) in [5, 5.41) is 4.05. The third-order valence-electron chi connectivity index (χ3n) is 3.63. The van der Waals surface area contributed by atoms with E-state index in [0.29, 0.717) is 6.04 Å². The molecule has 0 saturated carbocycles. The molecule has 0 radical (unpaired) electrons. The highest BCUT2D eigenvalue weighted by atomic mass is 35.5. The summed E-state index contributed by atoms with van der Waals surface area (Å²) < 4.78 is 0. The maximum absolute atomic E-state index is 5.92. The van der Waals surface area contributed by atoms with Crippen molar-refractivity contribution in [3.8, 4) is 0 Å². The van der Waals surface area contributed by atoms with Crippen molar-refractivity contribution >= 4 is 17.3 Å². The molecule has 1 N–H and O–H groups in total. The molecule has 4 heteroatoms. The van der Waals surface area contributed by atoms with Gasteiger partial charge in [0.25, 0.3) is 0 Å². The highest BCUT2D eigenvalue weighted by Gasteiger charge is 2.20. The number of nitrogens with one attached hydrogen (secondary N) is 1. The zero-order chi connectivity index (χ0) is 13.0. The fraction of sp³-hybridized carbons (Fsp3) is 0.571. The summed E-state index contributed by atoms with van der Waals surface area (Å²) in [6.07, 6.45) is 0. The molecule has 1 unspecified atom stereocenters. The molecule has 100 valence electrons. The summed E-state index contributed by atoms with van der Waals surface area (Å²) in [6, 6.07) is 8.76. The molecule has 1 heterocycles. The molecule has 1 aromatic rings. The van der Waals surface area contributed by atoms with Crippen LogP contribution in [0.2, 0.25) is 5.02 Å². The number of benzene rings is 1. The fourth-order valence-electron chi connectivity index (χ4n) is 2.50. The first-order valence-corrected chi connectivity index (χ1v) is 6.97. The zero-order valence-corrected chi connectivity index (χ0v) is 12.0. The summed E-state index contributed by atoms with van der Waals surface area (Å²) in [7, 11) is 2.01. The van der Waals surface area contributed by atoms with Crippen molar-refractivity contribution in [1.29, 1.82) is 0 Å². The topological polar surface area (TPSA) is 18.5 Å². The number of rotatable bonds is 4. The lowest BCUT2D eigenvalue weighted by Gasteiger charge is -2.39. The summed E-state index contributed by atoms with van der Waals surface area (Å²) in [5.41, 5.74) is 1.28. The molecule has 0 amide bonds. The maximum Gasteiger partial charge on any atom is 0.0407 e. The average molecular weight is 268 g/mol. The van der Waals surface area contributed by atoms with Crippen LogP contribution < -0.4 is 10.2 Å². The van der Waals surface area contributed by atoms with Gasteiger partial charge in [0.2, 0.25) is 0 Å². The molecule has 0 bridgehead atoms.